The molecule has 1 aromatic carbocycles. The van der Waals surface area contributed by atoms with Gasteiger partial charge in [-0.05, 0) is 23.9 Å². The van der Waals surface area contributed by atoms with Gasteiger partial charge < -0.3 is 10.6 Å². The number of carbonyl (C=O) groups is 1. The summed E-state index contributed by atoms with van der Waals surface area (Å²) in [6, 6.07) is 13.6. The van der Waals surface area contributed by atoms with Crippen LogP contribution in [0.4, 0.5) is 0 Å². The maximum Gasteiger partial charge on any atom is 0.227 e. The maximum atomic E-state index is 12.7. The van der Waals surface area contributed by atoms with Crippen LogP contribution in [0, 0.1) is 5.92 Å². The zero-order valence-corrected chi connectivity index (χ0v) is 13.3. The third-order valence-corrected chi connectivity index (χ3v) is 4.59. The number of nitrogens with two attached hydrogens (primary N) is 1. The lowest BCUT2D eigenvalue weighted by Gasteiger charge is -2.27. The Kier molecular flexibility index (Phi) is 5.53. The topological polar surface area (TPSA) is 46.3 Å². The van der Waals surface area contributed by atoms with Crippen LogP contribution in [0.3, 0.4) is 0 Å². The molecule has 0 saturated heterocycles. The van der Waals surface area contributed by atoms with Crippen LogP contribution in [0.1, 0.15) is 30.3 Å². The van der Waals surface area contributed by atoms with Crippen molar-refractivity contribution in [2.45, 2.75) is 26.4 Å². The van der Waals surface area contributed by atoms with E-state index in [1.807, 2.05) is 60.5 Å². The first-order valence-corrected chi connectivity index (χ1v) is 8.13. The summed E-state index contributed by atoms with van der Waals surface area (Å²) < 4.78 is 0. The second kappa shape index (κ2) is 7.38. The van der Waals surface area contributed by atoms with Gasteiger partial charge in [-0.25, -0.2) is 0 Å². The molecule has 0 aliphatic heterocycles. The van der Waals surface area contributed by atoms with E-state index in [4.69, 9.17) is 5.73 Å². The summed E-state index contributed by atoms with van der Waals surface area (Å²) in [4.78, 5) is 15.7. The summed E-state index contributed by atoms with van der Waals surface area (Å²) in [5.74, 6) is -0.116. The molecule has 2 N–H and O–H groups in total. The summed E-state index contributed by atoms with van der Waals surface area (Å²) >= 11 is 1.68. The van der Waals surface area contributed by atoms with E-state index in [9.17, 15) is 4.79 Å². The molecule has 0 saturated carbocycles. The SMILES string of the molecule is CCN(Cc1cccs1)C(=O)C(C)C(N)c1ccccc1. The molecule has 2 aromatic rings. The quantitative estimate of drug-likeness (QED) is 0.888. The van der Waals surface area contributed by atoms with Gasteiger partial charge in [-0.3, -0.25) is 4.79 Å². The highest BCUT2D eigenvalue weighted by Gasteiger charge is 2.26. The van der Waals surface area contributed by atoms with Gasteiger partial charge in [-0.2, -0.15) is 0 Å². The molecule has 0 fully saturated rings. The van der Waals surface area contributed by atoms with Gasteiger partial charge in [-0.1, -0.05) is 43.3 Å². The first kappa shape index (κ1) is 15.7. The molecule has 3 nitrogen and oxygen atoms in total. The van der Waals surface area contributed by atoms with E-state index >= 15 is 0 Å². The molecule has 0 bridgehead atoms. The van der Waals surface area contributed by atoms with E-state index in [0.29, 0.717) is 13.1 Å². The average Bonchev–Trinajstić information content (AvgIpc) is 3.04. The van der Waals surface area contributed by atoms with E-state index < -0.39 is 0 Å². The van der Waals surface area contributed by atoms with Crippen LogP contribution in [-0.2, 0) is 11.3 Å². The third-order valence-electron chi connectivity index (χ3n) is 3.73. The molecule has 2 atom stereocenters. The Morgan fingerprint density at radius 1 is 1.24 bits per heavy atom. The monoisotopic (exact) mass is 302 g/mol. The normalized spacial score (nSPS) is 13.7. The molecule has 4 heteroatoms. The van der Waals surface area contributed by atoms with Crippen molar-refractivity contribution < 1.29 is 4.79 Å². The molecule has 112 valence electrons. The number of nitrogens with zero attached hydrogens (tertiary/aromatic N) is 1. The van der Waals surface area contributed by atoms with Crippen LogP contribution in [0.25, 0.3) is 0 Å². The van der Waals surface area contributed by atoms with E-state index in [1.165, 1.54) is 4.88 Å². The molecule has 2 rings (SSSR count). The van der Waals surface area contributed by atoms with Crippen LogP contribution in [-0.4, -0.2) is 17.4 Å². The van der Waals surface area contributed by atoms with Crippen LogP contribution < -0.4 is 5.73 Å². The van der Waals surface area contributed by atoms with Crippen molar-refractivity contribution in [2.75, 3.05) is 6.54 Å². The Bertz CT molecular complexity index is 553. The van der Waals surface area contributed by atoms with E-state index in [-0.39, 0.29) is 17.9 Å². The summed E-state index contributed by atoms with van der Waals surface area (Å²) in [5.41, 5.74) is 7.27. The molecule has 0 radical (unpaired) electrons. The number of hydrogen-bond donors (Lipinski definition) is 1. The summed E-state index contributed by atoms with van der Waals surface area (Å²) in [5, 5.41) is 2.03. The summed E-state index contributed by atoms with van der Waals surface area (Å²) in [6.45, 7) is 5.28. The van der Waals surface area contributed by atoms with Crippen molar-refractivity contribution >= 4 is 17.2 Å². The minimum atomic E-state index is -0.268. The van der Waals surface area contributed by atoms with Crippen molar-refractivity contribution in [2.24, 2.45) is 11.7 Å². The van der Waals surface area contributed by atoms with Gasteiger partial charge in [-0.15, -0.1) is 11.3 Å². The molecule has 1 aromatic heterocycles. The van der Waals surface area contributed by atoms with Crippen LogP contribution in [0.15, 0.2) is 47.8 Å². The molecule has 0 aliphatic carbocycles. The highest BCUT2D eigenvalue weighted by molar-refractivity contribution is 7.09. The van der Waals surface area contributed by atoms with Gasteiger partial charge in [0.1, 0.15) is 0 Å². The average molecular weight is 302 g/mol. The Morgan fingerprint density at radius 3 is 2.52 bits per heavy atom. The zero-order chi connectivity index (χ0) is 15.2. The Morgan fingerprint density at radius 2 is 1.95 bits per heavy atom. The van der Waals surface area contributed by atoms with Gasteiger partial charge in [0.15, 0.2) is 0 Å². The molecular formula is C17H22N2OS. The minimum Gasteiger partial charge on any atom is -0.338 e. The fourth-order valence-corrected chi connectivity index (χ4v) is 3.06. The zero-order valence-electron chi connectivity index (χ0n) is 12.5. The molecular weight excluding hydrogens is 280 g/mol. The maximum absolute atomic E-state index is 12.7. The Labute approximate surface area is 130 Å². The highest BCUT2D eigenvalue weighted by Crippen LogP contribution is 2.22. The van der Waals surface area contributed by atoms with Crippen molar-refractivity contribution in [1.82, 2.24) is 4.90 Å². The lowest BCUT2D eigenvalue weighted by molar-refractivity contribution is -0.136. The lowest BCUT2D eigenvalue weighted by Crippen LogP contribution is -2.38. The van der Waals surface area contributed by atoms with E-state index in [2.05, 4.69) is 6.07 Å². The molecule has 21 heavy (non-hydrogen) atoms. The van der Waals surface area contributed by atoms with Crippen molar-refractivity contribution in [3.8, 4) is 0 Å². The second-order valence-electron chi connectivity index (χ2n) is 5.16. The van der Waals surface area contributed by atoms with Crippen molar-refractivity contribution in [3.63, 3.8) is 0 Å². The third kappa shape index (κ3) is 3.93. The number of thiophene rings is 1. The van der Waals surface area contributed by atoms with Gasteiger partial charge in [0.2, 0.25) is 5.91 Å². The van der Waals surface area contributed by atoms with Crippen molar-refractivity contribution in [3.05, 3.63) is 58.3 Å². The summed E-state index contributed by atoms with van der Waals surface area (Å²) in [7, 11) is 0. The predicted octanol–water partition coefficient (Wildman–Crippen LogP) is 3.43. The van der Waals surface area contributed by atoms with Gasteiger partial charge >= 0.3 is 0 Å². The smallest absolute Gasteiger partial charge is 0.227 e. The number of amides is 1. The van der Waals surface area contributed by atoms with Gasteiger partial charge in [0.05, 0.1) is 12.5 Å². The molecule has 0 spiro atoms. The Balaban J connectivity index is 2.06. The van der Waals surface area contributed by atoms with Crippen molar-refractivity contribution in [1.29, 1.82) is 0 Å². The number of carbonyl (C=O) groups excluding carboxylic acids is 1. The van der Waals surface area contributed by atoms with Gasteiger partial charge in [0.25, 0.3) is 0 Å². The van der Waals surface area contributed by atoms with Gasteiger partial charge in [0, 0.05) is 17.5 Å². The fraction of sp³-hybridized carbons (Fsp3) is 0.353. The van der Waals surface area contributed by atoms with Crippen LogP contribution in [0.2, 0.25) is 0 Å². The first-order valence-electron chi connectivity index (χ1n) is 7.25. The van der Waals surface area contributed by atoms with E-state index in [1.54, 1.807) is 11.3 Å². The number of benzene rings is 1. The molecule has 1 amide bonds. The van der Waals surface area contributed by atoms with Crippen LogP contribution >= 0.6 is 11.3 Å². The predicted molar refractivity (Wildman–Crippen MR) is 87.9 cm³/mol. The number of rotatable bonds is 6. The number of hydrogen-bond acceptors (Lipinski definition) is 3. The minimum absolute atomic E-state index is 0.113. The standard InChI is InChI=1S/C17H22N2OS/c1-3-19(12-15-10-7-11-21-15)17(20)13(2)16(18)14-8-5-4-6-9-14/h4-11,13,16H,3,12,18H2,1-2H3. The lowest BCUT2D eigenvalue weighted by atomic mass is 9.94. The molecule has 0 aliphatic rings. The first-order chi connectivity index (χ1) is 10.1. The second-order valence-corrected chi connectivity index (χ2v) is 6.19. The highest BCUT2D eigenvalue weighted by atomic mass is 32.1. The molecule has 1 heterocycles. The largest absolute Gasteiger partial charge is 0.338 e. The molecule has 2 unspecified atom stereocenters. The van der Waals surface area contributed by atoms with Crippen LogP contribution in [0.5, 0.6) is 0 Å². The van der Waals surface area contributed by atoms with E-state index in [0.717, 1.165) is 5.56 Å². The summed E-state index contributed by atoms with van der Waals surface area (Å²) in [6.07, 6.45) is 0. The Hall–Kier alpha value is -1.65. The fourth-order valence-electron chi connectivity index (χ4n) is 2.34.